The SMILES string of the molecule is CCNc1cc(Nc2ccc(Br)c(F)c2)nc(N)n1. The van der Waals surface area contributed by atoms with Crippen molar-refractivity contribution in [1.82, 2.24) is 9.97 Å². The number of rotatable bonds is 4. The summed E-state index contributed by atoms with van der Waals surface area (Å²) in [6.45, 7) is 2.68. The number of hydrogen-bond donors (Lipinski definition) is 3. The second-order valence-electron chi connectivity index (χ2n) is 3.78. The Bertz CT molecular complexity index is 590. The monoisotopic (exact) mass is 325 g/mol. The highest BCUT2D eigenvalue weighted by Crippen LogP contribution is 2.22. The van der Waals surface area contributed by atoms with Crippen LogP contribution in [0.3, 0.4) is 0 Å². The number of nitrogens with one attached hydrogen (secondary N) is 2. The molecule has 100 valence electrons. The maximum Gasteiger partial charge on any atom is 0.223 e. The quantitative estimate of drug-likeness (QED) is 0.805. The number of hydrogen-bond acceptors (Lipinski definition) is 5. The summed E-state index contributed by atoms with van der Waals surface area (Å²) in [7, 11) is 0. The fourth-order valence-electron chi connectivity index (χ4n) is 1.52. The van der Waals surface area contributed by atoms with Crippen LogP contribution in [0, 0.1) is 5.82 Å². The van der Waals surface area contributed by atoms with Gasteiger partial charge >= 0.3 is 0 Å². The van der Waals surface area contributed by atoms with E-state index in [4.69, 9.17) is 5.73 Å². The van der Waals surface area contributed by atoms with Crippen LogP contribution in [0.15, 0.2) is 28.7 Å². The molecule has 1 aromatic heterocycles. The molecule has 1 aromatic carbocycles. The Balaban J connectivity index is 2.24. The summed E-state index contributed by atoms with van der Waals surface area (Å²) in [6, 6.07) is 6.43. The molecule has 0 bridgehead atoms. The Labute approximate surface area is 118 Å². The fraction of sp³-hybridized carbons (Fsp3) is 0.167. The first kappa shape index (κ1) is 13.5. The number of anilines is 4. The number of nitrogens with two attached hydrogens (primary N) is 1. The van der Waals surface area contributed by atoms with Gasteiger partial charge in [0, 0.05) is 18.3 Å². The lowest BCUT2D eigenvalue weighted by atomic mass is 10.3. The lowest BCUT2D eigenvalue weighted by molar-refractivity contribution is 0.622. The zero-order valence-electron chi connectivity index (χ0n) is 10.2. The molecule has 2 aromatic rings. The lowest BCUT2D eigenvalue weighted by Crippen LogP contribution is -2.05. The third kappa shape index (κ3) is 3.54. The van der Waals surface area contributed by atoms with E-state index < -0.39 is 0 Å². The topological polar surface area (TPSA) is 75.9 Å². The molecule has 0 unspecified atom stereocenters. The Morgan fingerprint density at radius 3 is 2.68 bits per heavy atom. The van der Waals surface area contributed by atoms with Crippen LogP contribution in [0.5, 0.6) is 0 Å². The number of nitrogen functional groups attached to an aromatic ring is 1. The van der Waals surface area contributed by atoms with Crippen molar-refractivity contribution in [2.24, 2.45) is 0 Å². The summed E-state index contributed by atoms with van der Waals surface area (Å²) in [5.41, 5.74) is 6.20. The molecule has 5 nitrogen and oxygen atoms in total. The van der Waals surface area contributed by atoms with Crippen molar-refractivity contribution in [2.45, 2.75) is 6.92 Å². The van der Waals surface area contributed by atoms with Crippen molar-refractivity contribution in [3.8, 4) is 0 Å². The highest BCUT2D eigenvalue weighted by molar-refractivity contribution is 9.10. The van der Waals surface area contributed by atoms with Gasteiger partial charge in [-0.25, -0.2) is 4.39 Å². The van der Waals surface area contributed by atoms with Gasteiger partial charge in [-0.1, -0.05) is 0 Å². The molecule has 0 aliphatic carbocycles. The maximum absolute atomic E-state index is 13.4. The van der Waals surface area contributed by atoms with E-state index >= 15 is 0 Å². The van der Waals surface area contributed by atoms with E-state index in [1.807, 2.05) is 6.92 Å². The minimum Gasteiger partial charge on any atom is -0.370 e. The van der Waals surface area contributed by atoms with Crippen molar-refractivity contribution in [3.05, 3.63) is 34.6 Å². The van der Waals surface area contributed by atoms with E-state index in [1.54, 1.807) is 18.2 Å². The van der Waals surface area contributed by atoms with Crippen molar-refractivity contribution < 1.29 is 4.39 Å². The summed E-state index contributed by atoms with van der Waals surface area (Å²) in [6.07, 6.45) is 0. The standard InChI is InChI=1S/C12H13BrFN5/c1-2-16-10-6-11(19-12(15)18-10)17-7-3-4-8(13)9(14)5-7/h3-6H,2H2,1H3,(H4,15,16,17,18,19). The molecular weight excluding hydrogens is 313 g/mol. The first-order valence-electron chi connectivity index (χ1n) is 5.69. The van der Waals surface area contributed by atoms with E-state index in [1.165, 1.54) is 6.07 Å². The average Bonchev–Trinajstić information content (AvgIpc) is 2.33. The van der Waals surface area contributed by atoms with E-state index in [9.17, 15) is 4.39 Å². The molecule has 0 atom stereocenters. The van der Waals surface area contributed by atoms with Crippen LogP contribution in [-0.2, 0) is 0 Å². The summed E-state index contributed by atoms with van der Waals surface area (Å²) < 4.78 is 13.8. The van der Waals surface area contributed by atoms with Gasteiger partial charge < -0.3 is 16.4 Å². The molecule has 0 aliphatic heterocycles. The summed E-state index contributed by atoms with van der Waals surface area (Å²) >= 11 is 3.10. The van der Waals surface area contributed by atoms with Crippen molar-refractivity contribution in [2.75, 3.05) is 22.9 Å². The van der Waals surface area contributed by atoms with Crippen LogP contribution in [0.4, 0.5) is 27.7 Å². The van der Waals surface area contributed by atoms with Crippen molar-refractivity contribution in [3.63, 3.8) is 0 Å². The van der Waals surface area contributed by atoms with E-state index in [-0.39, 0.29) is 11.8 Å². The van der Waals surface area contributed by atoms with Crippen LogP contribution < -0.4 is 16.4 Å². The van der Waals surface area contributed by atoms with E-state index in [0.717, 1.165) is 6.54 Å². The largest absolute Gasteiger partial charge is 0.370 e. The molecule has 19 heavy (non-hydrogen) atoms. The van der Waals surface area contributed by atoms with Gasteiger partial charge in [-0.05, 0) is 41.1 Å². The van der Waals surface area contributed by atoms with Gasteiger partial charge in [-0.3, -0.25) is 0 Å². The molecule has 0 saturated heterocycles. The minimum atomic E-state index is -0.348. The smallest absolute Gasteiger partial charge is 0.223 e. The minimum absolute atomic E-state index is 0.151. The van der Waals surface area contributed by atoms with Crippen molar-refractivity contribution >= 4 is 39.2 Å². The Morgan fingerprint density at radius 2 is 2.00 bits per heavy atom. The molecule has 0 saturated carbocycles. The molecule has 4 N–H and O–H groups in total. The second-order valence-corrected chi connectivity index (χ2v) is 4.64. The zero-order valence-corrected chi connectivity index (χ0v) is 11.8. The predicted molar refractivity (Wildman–Crippen MR) is 78.0 cm³/mol. The van der Waals surface area contributed by atoms with Gasteiger partial charge in [0.15, 0.2) is 0 Å². The average molecular weight is 326 g/mol. The maximum atomic E-state index is 13.4. The van der Waals surface area contributed by atoms with Crippen LogP contribution in [0.1, 0.15) is 6.92 Å². The molecular formula is C12H13BrFN5. The van der Waals surface area contributed by atoms with Crippen LogP contribution in [0.25, 0.3) is 0 Å². The molecule has 0 spiro atoms. The highest BCUT2D eigenvalue weighted by Gasteiger charge is 2.04. The number of halogens is 2. The van der Waals surface area contributed by atoms with Crippen LogP contribution in [0.2, 0.25) is 0 Å². The number of benzene rings is 1. The summed E-state index contributed by atoms with van der Waals surface area (Å²) in [5, 5.41) is 6.02. The van der Waals surface area contributed by atoms with Gasteiger partial charge in [-0.15, -0.1) is 0 Å². The Kier molecular flexibility index (Phi) is 4.16. The second kappa shape index (κ2) is 5.83. The van der Waals surface area contributed by atoms with Crippen LogP contribution in [-0.4, -0.2) is 16.5 Å². The van der Waals surface area contributed by atoms with Gasteiger partial charge in [0.25, 0.3) is 0 Å². The zero-order chi connectivity index (χ0) is 13.8. The van der Waals surface area contributed by atoms with Gasteiger partial charge in [-0.2, -0.15) is 9.97 Å². The normalized spacial score (nSPS) is 10.3. The number of aromatic nitrogens is 2. The Morgan fingerprint density at radius 1 is 1.26 bits per heavy atom. The highest BCUT2D eigenvalue weighted by atomic mass is 79.9. The summed E-state index contributed by atoms with van der Waals surface area (Å²) in [4.78, 5) is 8.08. The molecule has 0 radical (unpaired) electrons. The van der Waals surface area contributed by atoms with Gasteiger partial charge in [0.1, 0.15) is 17.5 Å². The predicted octanol–water partition coefficient (Wildman–Crippen LogP) is 3.14. The lowest BCUT2D eigenvalue weighted by Gasteiger charge is -2.09. The molecule has 0 aliphatic rings. The van der Waals surface area contributed by atoms with Gasteiger partial charge in [0.05, 0.1) is 4.47 Å². The van der Waals surface area contributed by atoms with Gasteiger partial charge in [0.2, 0.25) is 5.95 Å². The molecule has 1 heterocycles. The molecule has 7 heteroatoms. The number of nitrogens with zero attached hydrogens (tertiary/aromatic N) is 2. The van der Waals surface area contributed by atoms with E-state index in [0.29, 0.717) is 21.8 Å². The van der Waals surface area contributed by atoms with Crippen LogP contribution >= 0.6 is 15.9 Å². The molecule has 2 rings (SSSR count). The third-order valence-electron chi connectivity index (χ3n) is 2.29. The third-order valence-corrected chi connectivity index (χ3v) is 2.94. The molecule has 0 fully saturated rings. The fourth-order valence-corrected chi connectivity index (χ4v) is 1.77. The van der Waals surface area contributed by atoms with Crippen molar-refractivity contribution in [1.29, 1.82) is 0 Å². The summed E-state index contributed by atoms with van der Waals surface area (Å²) in [5.74, 6) is 0.928. The first-order chi connectivity index (χ1) is 9.08. The van der Waals surface area contributed by atoms with E-state index in [2.05, 4.69) is 36.5 Å². The first-order valence-corrected chi connectivity index (χ1v) is 6.48. The molecule has 0 amide bonds. The Hall–Kier alpha value is -1.89.